The summed E-state index contributed by atoms with van der Waals surface area (Å²) in [5, 5.41) is 15.0. The predicted molar refractivity (Wildman–Crippen MR) is 108 cm³/mol. The number of ether oxygens (including phenoxy) is 1. The zero-order chi connectivity index (χ0) is 21.0. The lowest BCUT2D eigenvalue weighted by molar-refractivity contribution is -0.389. The van der Waals surface area contributed by atoms with E-state index in [9.17, 15) is 14.9 Å². The third kappa shape index (κ3) is 4.73. The Labute approximate surface area is 170 Å². The minimum absolute atomic E-state index is 0.0328. The number of aromatic nitrogens is 2. The molecule has 3 rings (SSSR count). The van der Waals surface area contributed by atoms with Gasteiger partial charge >= 0.3 is 5.82 Å². The van der Waals surface area contributed by atoms with Crippen LogP contribution >= 0.6 is 0 Å². The summed E-state index contributed by atoms with van der Waals surface area (Å²) < 4.78 is 6.77. The fraction of sp³-hybridized carbons (Fsp3) is 0.500. The molecule has 1 fully saturated rings. The standard InChI is InChI=1S/C20H27N5O4/c1-4-18(24-15(2)12-19(21-24)25(27)28)20(26)23-10-8-22(9-11-23)14-16-6-5-7-17(13-16)29-3/h5-7,12-13,18H,4,8-11,14H2,1-3H3. The van der Waals surface area contributed by atoms with Gasteiger partial charge < -0.3 is 19.8 Å². The van der Waals surface area contributed by atoms with Gasteiger partial charge in [-0.3, -0.25) is 9.69 Å². The van der Waals surface area contributed by atoms with Gasteiger partial charge in [-0.2, -0.15) is 4.68 Å². The Morgan fingerprint density at radius 1 is 1.28 bits per heavy atom. The molecule has 1 saturated heterocycles. The van der Waals surface area contributed by atoms with Gasteiger partial charge in [-0.05, 0) is 36.0 Å². The first-order valence-electron chi connectivity index (χ1n) is 9.77. The van der Waals surface area contributed by atoms with Gasteiger partial charge in [0.1, 0.15) is 5.75 Å². The molecule has 1 aliphatic rings. The number of aryl methyl sites for hydroxylation is 1. The fourth-order valence-corrected chi connectivity index (χ4v) is 3.69. The molecule has 0 bridgehead atoms. The molecular weight excluding hydrogens is 374 g/mol. The molecule has 1 aromatic carbocycles. The number of hydrogen-bond acceptors (Lipinski definition) is 6. The second-order valence-electron chi connectivity index (χ2n) is 7.22. The van der Waals surface area contributed by atoms with Crippen LogP contribution in [0.2, 0.25) is 0 Å². The summed E-state index contributed by atoms with van der Waals surface area (Å²) in [5.74, 6) is 0.581. The Bertz CT molecular complexity index is 874. The maximum atomic E-state index is 13.1. The van der Waals surface area contributed by atoms with Crippen molar-refractivity contribution >= 4 is 11.7 Å². The topological polar surface area (TPSA) is 93.7 Å². The third-order valence-corrected chi connectivity index (χ3v) is 5.29. The second-order valence-corrected chi connectivity index (χ2v) is 7.22. The van der Waals surface area contributed by atoms with Gasteiger partial charge in [0, 0.05) is 32.7 Å². The van der Waals surface area contributed by atoms with Crippen molar-refractivity contribution in [1.29, 1.82) is 0 Å². The molecule has 1 unspecified atom stereocenters. The maximum absolute atomic E-state index is 13.1. The number of nitrogens with zero attached hydrogens (tertiary/aromatic N) is 5. The van der Waals surface area contributed by atoms with Gasteiger partial charge in [-0.15, -0.1) is 0 Å². The molecule has 2 heterocycles. The zero-order valence-corrected chi connectivity index (χ0v) is 17.1. The lowest BCUT2D eigenvalue weighted by atomic mass is 10.1. The molecule has 0 N–H and O–H groups in total. The van der Waals surface area contributed by atoms with Crippen molar-refractivity contribution in [3.05, 3.63) is 51.7 Å². The van der Waals surface area contributed by atoms with Crippen molar-refractivity contribution in [2.45, 2.75) is 32.9 Å². The van der Waals surface area contributed by atoms with E-state index in [2.05, 4.69) is 16.1 Å². The Kier molecular flexibility index (Phi) is 6.48. The van der Waals surface area contributed by atoms with Crippen molar-refractivity contribution in [3.8, 4) is 5.75 Å². The summed E-state index contributed by atoms with van der Waals surface area (Å²) in [6, 6.07) is 8.88. The van der Waals surface area contributed by atoms with Crippen LogP contribution in [0.4, 0.5) is 5.82 Å². The van der Waals surface area contributed by atoms with E-state index < -0.39 is 11.0 Å². The number of hydrogen-bond donors (Lipinski definition) is 0. The van der Waals surface area contributed by atoms with Gasteiger partial charge in [0.2, 0.25) is 5.91 Å². The van der Waals surface area contributed by atoms with E-state index in [0.29, 0.717) is 25.2 Å². The molecule has 1 atom stereocenters. The number of piperazine rings is 1. The number of rotatable bonds is 7. The minimum Gasteiger partial charge on any atom is -0.497 e. The van der Waals surface area contributed by atoms with Crippen LogP contribution in [0.25, 0.3) is 0 Å². The van der Waals surface area contributed by atoms with Crippen LogP contribution in [-0.2, 0) is 11.3 Å². The highest BCUT2D eigenvalue weighted by Crippen LogP contribution is 2.22. The van der Waals surface area contributed by atoms with Crippen molar-refractivity contribution in [1.82, 2.24) is 19.6 Å². The summed E-state index contributed by atoms with van der Waals surface area (Å²) in [7, 11) is 1.66. The molecule has 1 aliphatic heterocycles. The first-order valence-corrected chi connectivity index (χ1v) is 9.77. The lowest BCUT2D eigenvalue weighted by Gasteiger charge is -2.36. The normalized spacial score (nSPS) is 15.9. The monoisotopic (exact) mass is 401 g/mol. The van der Waals surface area contributed by atoms with Crippen LogP contribution in [0.5, 0.6) is 5.75 Å². The second kappa shape index (κ2) is 9.04. The number of nitro groups is 1. The molecule has 29 heavy (non-hydrogen) atoms. The SMILES string of the molecule is CCC(C(=O)N1CCN(Cc2cccc(OC)c2)CC1)n1nc([N+](=O)[O-])cc1C. The minimum atomic E-state index is -0.530. The molecule has 0 spiro atoms. The van der Waals surface area contributed by atoms with Gasteiger partial charge in [-0.1, -0.05) is 19.1 Å². The third-order valence-electron chi connectivity index (χ3n) is 5.29. The summed E-state index contributed by atoms with van der Waals surface area (Å²) in [6.45, 7) is 7.25. The fourth-order valence-electron chi connectivity index (χ4n) is 3.69. The maximum Gasteiger partial charge on any atom is 0.390 e. The highest BCUT2D eigenvalue weighted by atomic mass is 16.6. The average molecular weight is 401 g/mol. The van der Waals surface area contributed by atoms with E-state index in [1.165, 1.54) is 16.3 Å². The van der Waals surface area contributed by atoms with E-state index in [1.807, 2.05) is 30.0 Å². The van der Waals surface area contributed by atoms with Crippen LogP contribution in [0.15, 0.2) is 30.3 Å². The quantitative estimate of drug-likeness (QED) is 0.522. The Morgan fingerprint density at radius 2 is 2.00 bits per heavy atom. The number of carbonyl (C=O) groups is 1. The number of amides is 1. The molecule has 1 aromatic heterocycles. The highest BCUT2D eigenvalue weighted by molar-refractivity contribution is 5.80. The van der Waals surface area contributed by atoms with Crippen LogP contribution in [0.3, 0.4) is 0 Å². The van der Waals surface area contributed by atoms with E-state index in [1.54, 1.807) is 14.0 Å². The van der Waals surface area contributed by atoms with E-state index in [0.717, 1.165) is 25.4 Å². The van der Waals surface area contributed by atoms with Crippen LogP contribution in [0.1, 0.15) is 30.6 Å². The van der Waals surface area contributed by atoms with Crippen molar-refractivity contribution in [2.24, 2.45) is 0 Å². The average Bonchev–Trinajstić information content (AvgIpc) is 3.11. The zero-order valence-electron chi connectivity index (χ0n) is 17.1. The van der Waals surface area contributed by atoms with E-state index in [-0.39, 0.29) is 11.7 Å². The van der Waals surface area contributed by atoms with Crippen LogP contribution in [0, 0.1) is 17.0 Å². The number of benzene rings is 1. The molecular formula is C20H27N5O4. The summed E-state index contributed by atoms with van der Waals surface area (Å²) in [5.41, 5.74) is 1.79. The van der Waals surface area contributed by atoms with Crippen molar-refractivity contribution in [2.75, 3.05) is 33.3 Å². The molecule has 0 saturated carbocycles. The molecule has 9 nitrogen and oxygen atoms in total. The predicted octanol–water partition coefficient (Wildman–Crippen LogP) is 2.40. The Morgan fingerprint density at radius 3 is 2.59 bits per heavy atom. The molecule has 9 heteroatoms. The lowest BCUT2D eigenvalue weighted by Crippen LogP contribution is -2.50. The van der Waals surface area contributed by atoms with E-state index in [4.69, 9.17) is 4.74 Å². The van der Waals surface area contributed by atoms with Gasteiger partial charge in [0.05, 0.1) is 24.0 Å². The summed E-state index contributed by atoms with van der Waals surface area (Å²) >= 11 is 0. The molecule has 0 aliphatic carbocycles. The number of carbonyl (C=O) groups excluding carboxylic acids is 1. The first-order chi connectivity index (χ1) is 13.9. The largest absolute Gasteiger partial charge is 0.497 e. The molecule has 0 radical (unpaired) electrons. The van der Waals surface area contributed by atoms with Crippen molar-refractivity contribution in [3.63, 3.8) is 0 Å². The summed E-state index contributed by atoms with van der Waals surface area (Å²) in [6.07, 6.45) is 0.530. The smallest absolute Gasteiger partial charge is 0.390 e. The van der Waals surface area contributed by atoms with Crippen LogP contribution in [-0.4, -0.2) is 63.7 Å². The molecule has 156 valence electrons. The summed E-state index contributed by atoms with van der Waals surface area (Å²) in [4.78, 5) is 27.7. The van der Waals surface area contributed by atoms with Crippen LogP contribution < -0.4 is 4.74 Å². The van der Waals surface area contributed by atoms with E-state index >= 15 is 0 Å². The van der Waals surface area contributed by atoms with Gasteiger partial charge in [-0.25, -0.2) is 0 Å². The molecule has 1 amide bonds. The Hall–Kier alpha value is -2.94. The van der Waals surface area contributed by atoms with Crippen molar-refractivity contribution < 1.29 is 14.5 Å². The first kappa shape index (κ1) is 20.8. The highest BCUT2D eigenvalue weighted by Gasteiger charge is 2.32. The Balaban J connectivity index is 1.62. The molecule has 2 aromatic rings. The van der Waals surface area contributed by atoms with Gasteiger partial charge in [0.25, 0.3) is 0 Å². The van der Waals surface area contributed by atoms with Gasteiger partial charge in [0.15, 0.2) is 6.04 Å². The number of methoxy groups -OCH3 is 1.